The van der Waals surface area contributed by atoms with Gasteiger partial charge >= 0.3 is 0 Å². The molecule has 0 saturated heterocycles. The number of nitro groups is 1. The molecule has 2 rings (SSSR count). The van der Waals surface area contributed by atoms with Crippen molar-refractivity contribution in [1.29, 1.82) is 0 Å². The molecule has 1 aromatic rings. The SMILES string of the molecule is CC1C=CN(c2ccc([N+](=O)[O-])cc2)C1C. The molecule has 1 aromatic carbocycles. The third-order valence-corrected chi connectivity index (χ3v) is 3.11. The molecule has 0 amide bonds. The molecule has 1 aliphatic rings. The molecule has 0 aliphatic carbocycles. The first kappa shape index (κ1) is 10.7. The number of hydrogen-bond donors (Lipinski definition) is 0. The predicted octanol–water partition coefficient (Wildman–Crippen LogP) is 2.95. The molecule has 1 heterocycles. The van der Waals surface area contributed by atoms with E-state index in [1.54, 1.807) is 24.3 Å². The molecule has 4 nitrogen and oxygen atoms in total. The standard InChI is InChI=1S/C12H14N2O2/c1-9-7-8-13(10(9)2)11-3-5-12(6-4-11)14(15)16/h3-10H,1-2H3. The van der Waals surface area contributed by atoms with Crippen LogP contribution in [0, 0.1) is 16.0 Å². The van der Waals surface area contributed by atoms with Gasteiger partial charge in [-0.2, -0.15) is 0 Å². The first-order valence-electron chi connectivity index (χ1n) is 5.30. The monoisotopic (exact) mass is 218 g/mol. The van der Waals surface area contributed by atoms with E-state index in [0.29, 0.717) is 12.0 Å². The minimum atomic E-state index is -0.379. The second-order valence-corrected chi connectivity index (χ2v) is 4.12. The van der Waals surface area contributed by atoms with Crippen molar-refractivity contribution in [2.75, 3.05) is 4.90 Å². The number of rotatable bonds is 2. The maximum atomic E-state index is 10.5. The molecule has 0 N–H and O–H groups in total. The quantitative estimate of drug-likeness (QED) is 0.566. The van der Waals surface area contributed by atoms with Gasteiger partial charge in [0.1, 0.15) is 0 Å². The second-order valence-electron chi connectivity index (χ2n) is 4.12. The van der Waals surface area contributed by atoms with E-state index in [9.17, 15) is 10.1 Å². The largest absolute Gasteiger partial charge is 0.345 e. The van der Waals surface area contributed by atoms with Crippen molar-refractivity contribution in [3.8, 4) is 0 Å². The third-order valence-electron chi connectivity index (χ3n) is 3.11. The van der Waals surface area contributed by atoms with Gasteiger partial charge in [-0.15, -0.1) is 0 Å². The van der Waals surface area contributed by atoms with E-state index in [1.807, 2.05) is 6.20 Å². The van der Waals surface area contributed by atoms with Crippen molar-refractivity contribution in [2.24, 2.45) is 5.92 Å². The third kappa shape index (κ3) is 1.78. The minimum absolute atomic E-state index is 0.132. The summed E-state index contributed by atoms with van der Waals surface area (Å²) in [5.74, 6) is 0.509. The molecule has 1 aliphatic heterocycles. The maximum absolute atomic E-state index is 10.5. The van der Waals surface area contributed by atoms with Crippen molar-refractivity contribution >= 4 is 11.4 Å². The fourth-order valence-corrected chi connectivity index (χ4v) is 1.85. The Kier molecular flexibility index (Phi) is 2.64. The van der Waals surface area contributed by atoms with Gasteiger partial charge in [0.05, 0.1) is 4.92 Å². The molecule has 0 aromatic heterocycles. The average molecular weight is 218 g/mol. The second kappa shape index (κ2) is 3.96. The summed E-state index contributed by atoms with van der Waals surface area (Å²) in [5.41, 5.74) is 1.13. The Labute approximate surface area is 94.3 Å². The van der Waals surface area contributed by atoms with E-state index in [2.05, 4.69) is 24.8 Å². The fourth-order valence-electron chi connectivity index (χ4n) is 1.85. The van der Waals surface area contributed by atoms with Crippen molar-refractivity contribution in [2.45, 2.75) is 19.9 Å². The molecule has 4 heteroatoms. The number of benzene rings is 1. The highest BCUT2D eigenvalue weighted by Gasteiger charge is 2.22. The normalized spacial score (nSPS) is 23.8. The van der Waals surface area contributed by atoms with Gasteiger partial charge in [0, 0.05) is 30.1 Å². The molecule has 0 bridgehead atoms. The van der Waals surface area contributed by atoms with Crippen molar-refractivity contribution in [3.63, 3.8) is 0 Å². The number of anilines is 1. The number of hydrogen-bond acceptors (Lipinski definition) is 3. The summed E-state index contributed by atoms with van der Waals surface area (Å²) in [5, 5.41) is 10.5. The van der Waals surface area contributed by atoms with Crippen LogP contribution in [0.4, 0.5) is 11.4 Å². The van der Waals surface area contributed by atoms with Gasteiger partial charge in [-0.05, 0) is 25.0 Å². The molecule has 2 unspecified atom stereocenters. The molecular weight excluding hydrogens is 204 g/mol. The first-order chi connectivity index (χ1) is 7.59. The van der Waals surface area contributed by atoms with E-state index in [-0.39, 0.29) is 10.6 Å². The number of nitrogens with zero attached hydrogens (tertiary/aromatic N) is 2. The molecule has 16 heavy (non-hydrogen) atoms. The van der Waals surface area contributed by atoms with Gasteiger partial charge in [-0.25, -0.2) is 0 Å². The van der Waals surface area contributed by atoms with Crippen LogP contribution in [0.3, 0.4) is 0 Å². The number of nitro benzene ring substituents is 1. The summed E-state index contributed by atoms with van der Waals surface area (Å²) in [6.07, 6.45) is 4.18. The van der Waals surface area contributed by atoms with Crippen LogP contribution in [0.25, 0.3) is 0 Å². The van der Waals surface area contributed by atoms with E-state index in [1.165, 1.54) is 0 Å². The first-order valence-corrected chi connectivity index (χ1v) is 5.30. The summed E-state index contributed by atoms with van der Waals surface area (Å²) < 4.78 is 0. The molecule has 0 saturated carbocycles. The Balaban J connectivity index is 2.23. The van der Waals surface area contributed by atoms with Gasteiger partial charge in [-0.3, -0.25) is 10.1 Å². The van der Waals surface area contributed by atoms with Crippen LogP contribution >= 0.6 is 0 Å². The Hall–Kier alpha value is -1.84. The van der Waals surface area contributed by atoms with Gasteiger partial charge < -0.3 is 4.90 Å². The number of non-ortho nitro benzene ring substituents is 1. The van der Waals surface area contributed by atoms with E-state index < -0.39 is 0 Å². The molecular formula is C12H14N2O2. The van der Waals surface area contributed by atoms with Crippen LogP contribution in [-0.2, 0) is 0 Å². The van der Waals surface area contributed by atoms with Crippen molar-refractivity contribution in [3.05, 3.63) is 46.7 Å². The Morgan fingerprint density at radius 3 is 2.31 bits per heavy atom. The average Bonchev–Trinajstić information content (AvgIpc) is 2.60. The topological polar surface area (TPSA) is 46.4 Å². The van der Waals surface area contributed by atoms with Gasteiger partial charge in [0.15, 0.2) is 0 Å². The lowest BCUT2D eigenvalue weighted by Crippen LogP contribution is -2.27. The highest BCUT2D eigenvalue weighted by Crippen LogP contribution is 2.28. The van der Waals surface area contributed by atoms with Crippen molar-refractivity contribution < 1.29 is 4.92 Å². The van der Waals surface area contributed by atoms with Gasteiger partial charge in [0.25, 0.3) is 5.69 Å². The summed E-state index contributed by atoms with van der Waals surface area (Å²) >= 11 is 0. The molecule has 2 atom stereocenters. The smallest absolute Gasteiger partial charge is 0.269 e. The molecule has 84 valence electrons. The predicted molar refractivity (Wildman–Crippen MR) is 63.3 cm³/mol. The lowest BCUT2D eigenvalue weighted by atomic mass is 10.1. The summed E-state index contributed by atoms with van der Waals surface area (Å²) in [6.45, 7) is 4.30. The highest BCUT2D eigenvalue weighted by molar-refractivity contribution is 5.55. The van der Waals surface area contributed by atoms with Crippen molar-refractivity contribution in [1.82, 2.24) is 0 Å². The van der Waals surface area contributed by atoms with Crippen LogP contribution < -0.4 is 4.90 Å². The van der Waals surface area contributed by atoms with E-state index in [4.69, 9.17) is 0 Å². The minimum Gasteiger partial charge on any atom is -0.345 e. The van der Waals surface area contributed by atoms with Crippen LogP contribution in [-0.4, -0.2) is 11.0 Å². The fraction of sp³-hybridized carbons (Fsp3) is 0.333. The molecule has 0 radical (unpaired) electrons. The molecule has 0 spiro atoms. The highest BCUT2D eigenvalue weighted by atomic mass is 16.6. The lowest BCUT2D eigenvalue weighted by molar-refractivity contribution is -0.384. The van der Waals surface area contributed by atoms with E-state index in [0.717, 1.165) is 5.69 Å². The zero-order valence-corrected chi connectivity index (χ0v) is 9.33. The zero-order valence-electron chi connectivity index (χ0n) is 9.33. The Morgan fingerprint density at radius 2 is 1.88 bits per heavy atom. The summed E-state index contributed by atoms with van der Waals surface area (Å²) in [4.78, 5) is 12.3. The van der Waals surface area contributed by atoms with Crippen LogP contribution in [0.15, 0.2) is 36.5 Å². The Bertz CT molecular complexity index is 425. The maximum Gasteiger partial charge on any atom is 0.269 e. The van der Waals surface area contributed by atoms with Gasteiger partial charge in [-0.1, -0.05) is 13.0 Å². The summed E-state index contributed by atoms with van der Waals surface area (Å²) in [7, 11) is 0. The van der Waals surface area contributed by atoms with Crippen LogP contribution in [0.2, 0.25) is 0 Å². The zero-order chi connectivity index (χ0) is 11.7. The summed E-state index contributed by atoms with van der Waals surface area (Å²) in [6, 6.07) is 7.06. The van der Waals surface area contributed by atoms with Gasteiger partial charge in [0.2, 0.25) is 0 Å². The molecule has 0 fully saturated rings. The van der Waals surface area contributed by atoms with Crippen LogP contribution in [0.1, 0.15) is 13.8 Å². The van der Waals surface area contributed by atoms with E-state index >= 15 is 0 Å². The Morgan fingerprint density at radius 1 is 1.25 bits per heavy atom. The van der Waals surface area contributed by atoms with Crippen LogP contribution in [0.5, 0.6) is 0 Å². The lowest BCUT2D eigenvalue weighted by Gasteiger charge is -2.24.